The van der Waals surface area contributed by atoms with E-state index in [1.54, 1.807) is 0 Å². The Morgan fingerprint density at radius 1 is 1.48 bits per heavy atom. The van der Waals surface area contributed by atoms with Crippen LogP contribution in [0.15, 0.2) is 10.5 Å². The number of thiazole rings is 1. The van der Waals surface area contributed by atoms with Crippen molar-refractivity contribution in [2.24, 2.45) is 5.16 Å². The first-order chi connectivity index (χ1) is 10.7. The van der Waals surface area contributed by atoms with Crippen molar-refractivity contribution in [3.05, 3.63) is 11.1 Å². The number of carbonyl (C=O) groups excluding carboxylic acids is 2. The minimum atomic E-state index is -1.47. The van der Waals surface area contributed by atoms with Crippen LogP contribution >= 0.6 is 22.9 Å². The van der Waals surface area contributed by atoms with E-state index in [4.69, 9.17) is 16.4 Å². The molecule has 0 aliphatic heterocycles. The summed E-state index contributed by atoms with van der Waals surface area (Å²) in [6.07, 6.45) is 0. The third-order valence-corrected chi connectivity index (χ3v) is 3.36. The lowest BCUT2D eigenvalue weighted by Gasteiger charge is -2.18. The molecule has 23 heavy (non-hydrogen) atoms. The highest BCUT2D eigenvalue weighted by atomic mass is 35.5. The van der Waals surface area contributed by atoms with E-state index in [0.717, 1.165) is 11.3 Å². The van der Waals surface area contributed by atoms with Crippen LogP contribution in [0, 0.1) is 0 Å². The van der Waals surface area contributed by atoms with E-state index in [9.17, 15) is 19.5 Å². The standard InChI is InChI=1S/C12H14ClN3O6S/c1-12(2,10(20)21-3)22-16-8(9(18)19)6-5-23-11(14-6)15-7(17)4-13/h5H,4H2,1-3H3,(H,18,19)(H,14,15,17)/b16-8-. The van der Waals surface area contributed by atoms with Crippen molar-refractivity contribution in [3.8, 4) is 0 Å². The molecule has 2 N–H and O–H groups in total. The molecule has 0 saturated heterocycles. The summed E-state index contributed by atoms with van der Waals surface area (Å²) in [7, 11) is 1.17. The highest BCUT2D eigenvalue weighted by molar-refractivity contribution is 7.14. The maximum atomic E-state index is 11.5. The summed E-state index contributed by atoms with van der Waals surface area (Å²) in [4.78, 5) is 42.8. The van der Waals surface area contributed by atoms with Gasteiger partial charge in [0.25, 0.3) is 0 Å². The monoisotopic (exact) mass is 363 g/mol. The van der Waals surface area contributed by atoms with Gasteiger partial charge in [0.2, 0.25) is 17.2 Å². The third kappa shape index (κ3) is 5.18. The first-order valence-electron chi connectivity index (χ1n) is 6.11. The number of esters is 1. The van der Waals surface area contributed by atoms with Gasteiger partial charge in [-0.15, -0.1) is 22.9 Å². The van der Waals surface area contributed by atoms with Gasteiger partial charge < -0.3 is 20.0 Å². The number of carbonyl (C=O) groups is 3. The molecule has 1 heterocycles. The molecule has 0 atom stereocenters. The number of nitrogens with one attached hydrogen (secondary N) is 1. The molecule has 0 unspecified atom stereocenters. The Balaban J connectivity index is 2.99. The van der Waals surface area contributed by atoms with Crippen LogP contribution in [0.25, 0.3) is 0 Å². The molecule has 126 valence electrons. The molecule has 0 radical (unpaired) electrons. The molecule has 1 aromatic rings. The molecule has 1 rings (SSSR count). The number of aromatic nitrogens is 1. The Hall–Kier alpha value is -2.20. The van der Waals surface area contributed by atoms with Crippen LogP contribution in [0.2, 0.25) is 0 Å². The summed E-state index contributed by atoms with van der Waals surface area (Å²) in [6, 6.07) is 0. The van der Waals surface area contributed by atoms with E-state index in [2.05, 4.69) is 20.2 Å². The summed E-state index contributed by atoms with van der Waals surface area (Å²) in [5.41, 5.74) is -2.03. The Labute approximate surface area is 140 Å². The number of amides is 1. The van der Waals surface area contributed by atoms with Gasteiger partial charge >= 0.3 is 11.9 Å². The Morgan fingerprint density at radius 2 is 2.13 bits per heavy atom. The fraction of sp³-hybridized carbons (Fsp3) is 0.417. The number of hydrogen-bond donors (Lipinski definition) is 2. The zero-order valence-corrected chi connectivity index (χ0v) is 14.0. The van der Waals surface area contributed by atoms with Crippen LogP contribution in [0.5, 0.6) is 0 Å². The van der Waals surface area contributed by atoms with E-state index < -0.39 is 29.2 Å². The lowest BCUT2D eigenvalue weighted by molar-refractivity contribution is -0.165. The van der Waals surface area contributed by atoms with Crippen LogP contribution in [-0.4, -0.2) is 52.2 Å². The summed E-state index contributed by atoms with van der Waals surface area (Å²) in [5.74, 6) is -2.87. The normalized spacial score (nSPS) is 11.7. The maximum absolute atomic E-state index is 11.5. The first kappa shape index (κ1) is 18.8. The highest BCUT2D eigenvalue weighted by Gasteiger charge is 2.32. The van der Waals surface area contributed by atoms with E-state index in [0.29, 0.717) is 0 Å². The second-order valence-corrected chi connectivity index (χ2v) is 5.68. The molecule has 0 spiro atoms. The molecule has 0 saturated carbocycles. The van der Waals surface area contributed by atoms with Gasteiger partial charge in [0, 0.05) is 5.38 Å². The van der Waals surface area contributed by atoms with E-state index in [1.807, 2.05) is 0 Å². The minimum absolute atomic E-state index is 0.0342. The average molecular weight is 364 g/mol. The molecule has 1 amide bonds. The van der Waals surface area contributed by atoms with Crippen molar-refractivity contribution < 1.29 is 29.1 Å². The molecular formula is C12H14ClN3O6S. The van der Waals surface area contributed by atoms with E-state index in [1.165, 1.54) is 26.3 Å². The molecule has 0 aliphatic carbocycles. The Bertz CT molecular complexity index is 642. The van der Waals surface area contributed by atoms with E-state index >= 15 is 0 Å². The number of methoxy groups -OCH3 is 1. The van der Waals surface area contributed by atoms with Gasteiger partial charge in [0.1, 0.15) is 11.6 Å². The van der Waals surface area contributed by atoms with Crippen LogP contribution < -0.4 is 5.32 Å². The largest absolute Gasteiger partial charge is 0.476 e. The predicted octanol–water partition coefficient (Wildman–Crippen LogP) is 1.08. The smallest absolute Gasteiger partial charge is 0.360 e. The zero-order chi connectivity index (χ0) is 17.6. The molecule has 0 aliphatic rings. The SMILES string of the molecule is COC(=O)C(C)(C)O/N=C(\C(=O)O)c1csc(NC(=O)CCl)n1. The lowest BCUT2D eigenvalue weighted by Crippen LogP contribution is -2.35. The minimum Gasteiger partial charge on any atom is -0.476 e. The highest BCUT2D eigenvalue weighted by Crippen LogP contribution is 2.18. The maximum Gasteiger partial charge on any atom is 0.360 e. The van der Waals surface area contributed by atoms with Crippen molar-refractivity contribution in [2.45, 2.75) is 19.4 Å². The van der Waals surface area contributed by atoms with Crippen molar-refractivity contribution in [1.29, 1.82) is 0 Å². The number of ether oxygens (including phenoxy) is 1. The van der Waals surface area contributed by atoms with Crippen molar-refractivity contribution >= 4 is 51.6 Å². The summed E-state index contributed by atoms with van der Waals surface area (Å²) in [6.45, 7) is 2.74. The number of anilines is 1. The van der Waals surface area contributed by atoms with Gasteiger partial charge in [-0.3, -0.25) is 4.79 Å². The number of halogens is 1. The second-order valence-electron chi connectivity index (χ2n) is 4.56. The fourth-order valence-electron chi connectivity index (χ4n) is 1.23. The topological polar surface area (TPSA) is 127 Å². The number of carboxylic acids is 1. The molecule has 0 aromatic carbocycles. The van der Waals surface area contributed by atoms with Gasteiger partial charge in [-0.1, -0.05) is 5.16 Å². The van der Waals surface area contributed by atoms with Crippen LogP contribution in [0.3, 0.4) is 0 Å². The third-order valence-electron chi connectivity index (χ3n) is 2.36. The van der Waals surface area contributed by atoms with Crippen LogP contribution in [-0.2, 0) is 24.0 Å². The summed E-state index contributed by atoms with van der Waals surface area (Å²) in [5, 5.41) is 16.6. The van der Waals surface area contributed by atoms with Gasteiger partial charge in [-0.25, -0.2) is 14.6 Å². The first-order valence-corrected chi connectivity index (χ1v) is 7.52. The van der Waals surface area contributed by atoms with Gasteiger partial charge in [-0.05, 0) is 13.8 Å². The molecule has 0 fully saturated rings. The Kier molecular flexibility index (Phi) is 6.46. The lowest BCUT2D eigenvalue weighted by atomic mass is 10.1. The van der Waals surface area contributed by atoms with Gasteiger partial charge in [0.05, 0.1) is 7.11 Å². The van der Waals surface area contributed by atoms with Crippen molar-refractivity contribution in [2.75, 3.05) is 18.3 Å². The number of nitrogens with zero attached hydrogens (tertiary/aromatic N) is 2. The van der Waals surface area contributed by atoms with Gasteiger partial charge in [0.15, 0.2) is 5.13 Å². The molecule has 11 heteroatoms. The quantitative estimate of drug-likeness (QED) is 0.321. The fourth-order valence-corrected chi connectivity index (χ4v) is 2.01. The van der Waals surface area contributed by atoms with E-state index in [-0.39, 0.29) is 16.7 Å². The van der Waals surface area contributed by atoms with Crippen LogP contribution in [0.1, 0.15) is 19.5 Å². The predicted molar refractivity (Wildman–Crippen MR) is 82.8 cm³/mol. The Morgan fingerprint density at radius 3 is 2.65 bits per heavy atom. The number of rotatable bonds is 7. The summed E-state index contributed by atoms with van der Waals surface area (Å²) >= 11 is 6.34. The number of carboxylic acid groups (broad SMARTS) is 1. The van der Waals surface area contributed by atoms with Crippen molar-refractivity contribution in [3.63, 3.8) is 0 Å². The second kappa shape index (κ2) is 7.88. The number of hydrogen-bond acceptors (Lipinski definition) is 8. The number of aliphatic carboxylic acids is 1. The molecule has 1 aromatic heterocycles. The average Bonchev–Trinajstić information content (AvgIpc) is 2.93. The van der Waals surface area contributed by atoms with Crippen molar-refractivity contribution in [1.82, 2.24) is 4.98 Å². The zero-order valence-electron chi connectivity index (χ0n) is 12.5. The van der Waals surface area contributed by atoms with Gasteiger partial charge in [-0.2, -0.15) is 0 Å². The molecule has 9 nitrogen and oxygen atoms in total. The summed E-state index contributed by atoms with van der Waals surface area (Å²) < 4.78 is 4.52. The molecular weight excluding hydrogens is 350 g/mol. The molecule has 0 bridgehead atoms. The van der Waals surface area contributed by atoms with Crippen LogP contribution in [0.4, 0.5) is 5.13 Å². The number of oxime groups is 1. The number of alkyl halides is 1.